The molecule has 0 aromatic heterocycles. The van der Waals surface area contributed by atoms with Gasteiger partial charge in [0.25, 0.3) is 0 Å². The summed E-state index contributed by atoms with van der Waals surface area (Å²) in [5, 5.41) is 0. The van der Waals surface area contributed by atoms with Crippen molar-refractivity contribution in [1.29, 1.82) is 0 Å². The van der Waals surface area contributed by atoms with Crippen molar-refractivity contribution in [2.45, 2.75) is 0 Å². The van der Waals surface area contributed by atoms with Gasteiger partial charge in [-0.2, -0.15) is 0 Å². The SMILES string of the molecule is [Cd+2].[O-2].[Se-2].[Ti+4]. The first kappa shape index (κ1) is 35.8. The summed E-state index contributed by atoms with van der Waals surface area (Å²) in [7, 11) is 0. The summed E-state index contributed by atoms with van der Waals surface area (Å²) in [6.45, 7) is 0. The van der Waals surface area contributed by atoms with Gasteiger partial charge in [0.15, 0.2) is 0 Å². The normalized spacial score (nSPS) is 0. The minimum absolute atomic E-state index is 0. The molecule has 0 fully saturated rings. The zero-order valence-electron chi connectivity index (χ0n) is 2.02. The van der Waals surface area contributed by atoms with Crippen molar-refractivity contribution in [3.63, 3.8) is 0 Å². The Morgan fingerprint density at radius 1 is 1.00 bits per heavy atom. The molecule has 1 nitrogen and oxygen atoms in total. The molecule has 16 valence electrons. The van der Waals surface area contributed by atoms with Gasteiger partial charge in [-0.3, -0.25) is 0 Å². The van der Waals surface area contributed by atoms with E-state index in [1.165, 1.54) is 0 Å². The van der Waals surface area contributed by atoms with E-state index in [0.717, 1.165) is 0 Å². The van der Waals surface area contributed by atoms with Crippen LogP contribution in [0.4, 0.5) is 0 Å². The fourth-order valence-electron chi connectivity index (χ4n) is 0. The summed E-state index contributed by atoms with van der Waals surface area (Å²) < 4.78 is 0. The van der Waals surface area contributed by atoms with Crippen molar-refractivity contribution in [3.05, 3.63) is 0 Å². The van der Waals surface area contributed by atoms with E-state index in [-0.39, 0.29) is 71.6 Å². The van der Waals surface area contributed by atoms with Gasteiger partial charge in [-0.25, -0.2) is 0 Å². The van der Waals surface area contributed by atoms with E-state index in [2.05, 4.69) is 0 Å². The molecule has 0 rings (SSSR count). The van der Waals surface area contributed by atoms with E-state index in [1.54, 1.807) is 0 Å². The molecule has 0 unspecified atom stereocenters. The van der Waals surface area contributed by atoms with Gasteiger partial charge >= 0.3 is 49.0 Å². The van der Waals surface area contributed by atoms with E-state index in [0.29, 0.717) is 0 Å². The average molecular weight is 255 g/mol. The predicted octanol–water partition coefficient (Wildman–Crippen LogP) is -0.505. The Kier molecular flexibility index (Phi) is 173. The Morgan fingerprint density at radius 3 is 1.00 bits per heavy atom. The summed E-state index contributed by atoms with van der Waals surface area (Å²) in [6.07, 6.45) is 0. The molecular weight excluding hydrogens is 255 g/mol. The van der Waals surface area contributed by atoms with Crippen molar-refractivity contribution in [2.24, 2.45) is 0 Å². The number of rotatable bonds is 0. The molecule has 4 heavy (non-hydrogen) atoms. The Labute approximate surface area is 70.7 Å². The first-order valence-electron chi connectivity index (χ1n) is 0. The fourth-order valence-corrected chi connectivity index (χ4v) is 0. The van der Waals surface area contributed by atoms with Crippen LogP contribution in [-0.2, 0) is 54.5 Å². The third kappa shape index (κ3) is 8.93. The summed E-state index contributed by atoms with van der Waals surface area (Å²) in [5.74, 6) is 0. The van der Waals surface area contributed by atoms with Crippen molar-refractivity contribution < 1.29 is 54.5 Å². The van der Waals surface area contributed by atoms with Gasteiger partial charge in [0.1, 0.15) is 0 Å². The Morgan fingerprint density at radius 2 is 1.00 bits per heavy atom. The molecule has 0 saturated carbocycles. The van der Waals surface area contributed by atoms with Crippen LogP contribution in [-0.4, -0.2) is 17.1 Å². The minimum atomic E-state index is 0. The second-order valence-electron chi connectivity index (χ2n) is 0. The fraction of sp³-hybridized carbons (Fsp3) is 0. The molecule has 0 aliphatic carbocycles. The van der Waals surface area contributed by atoms with Crippen LogP contribution < -0.4 is 0 Å². The first-order valence-corrected chi connectivity index (χ1v) is 0. The summed E-state index contributed by atoms with van der Waals surface area (Å²) in [5.41, 5.74) is 0. The van der Waals surface area contributed by atoms with E-state index in [9.17, 15) is 0 Å². The molecule has 0 aliphatic rings. The monoisotopic (exact) mass is 258 g/mol. The maximum Gasteiger partial charge on any atom is 4.00 e. The molecule has 0 heterocycles. The second-order valence-corrected chi connectivity index (χ2v) is 0. The molecular formula is CdOSeTi+2. The van der Waals surface area contributed by atoms with Crippen LogP contribution in [0, 0.1) is 0 Å². The van der Waals surface area contributed by atoms with Gasteiger partial charge < -0.3 is 22.5 Å². The van der Waals surface area contributed by atoms with Crippen molar-refractivity contribution in [1.82, 2.24) is 0 Å². The summed E-state index contributed by atoms with van der Waals surface area (Å²) in [4.78, 5) is 0. The smallest absolute Gasteiger partial charge is 2.00 e. The van der Waals surface area contributed by atoms with Gasteiger partial charge in [-0.05, 0) is 0 Å². The molecule has 4 heteroatoms. The standard InChI is InChI=1S/Cd.O.Se.Ti/q+2;2*-2;+4. The van der Waals surface area contributed by atoms with E-state index in [1.807, 2.05) is 0 Å². The maximum atomic E-state index is 0. The Hall–Kier alpha value is 2.12. The molecule has 0 aromatic rings. The van der Waals surface area contributed by atoms with E-state index < -0.39 is 0 Å². The van der Waals surface area contributed by atoms with Crippen molar-refractivity contribution in [2.75, 3.05) is 0 Å². The molecule has 0 radical (unpaired) electrons. The topological polar surface area (TPSA) is 28.5 Å². The maximum absolute atomic E-state index is 0. The molecule has 0 spiro atoms. The average Bonchev–Trinajstić information content (AvgIpc) is 0. The third-order valence-corrected chi connectivity index (χ3v) is 0. The summed E-state index contributed by atoms with van der Waals surface area (Å²) >= 11 is 0. The van der Waals surface area contributed by atoms with E-state index in [4.69, 9.17) is 0 Å². The van der Waals surface area contributed by atoms with Crippen LogP contribution in [0.15, 0.2) is 0 Å². The van der Waals surface area contributed by atoms with Crippen LogP contribution in [0.25, 0.3) is 0 Å². The second kappa shape index (κ2) is 19.4. The Bertz CT molecular complexity index is 8.00. The molecule has 0 N–H and O–H groups in total. The molecule has 0 bridgehead atoms. The van der Waals surface area contributed by atoms with Gasteiger partial charge in [0.05, 0.1) is 0 Å². The van der Waals surface area contributed by atoms with Crippen LogP contribution in [0.1, 0.15) is 0 Å². The zero-order chi connectivity index (χ0) is 0. The summed E-state index contributed by atoms with van der Waals surface area (Å²) in [6, 6.07) is 0. The largest absolute Gasteiger partial charge is 4.00 e. The number of hydrogen-bond acceptors (Lipinski definition) is 0. The van der Waals surface area contributed by atoms with Crippen LogP contribution in [0.5, 0.6) is 0 Å². The van der Waals surface area contributed by atoms with Gasteiger partial charge in [0, 0.05) is 0 Å². The predicted molar refractivity (Wildman–Crippen MR) is 6.44 cm³/mol. The van der Waals surface area contributed by atoms with Gasteiger partial charge in [0.2, 0.25) is 0 Å². The van der Waals surface area contributed by atoms with Crippen molar-refractivity contribution >= 4 is 17.1 Å². The zero-order valence-corrected chi connectivity index (χ0v) is 9.33. The minimum Gasteiger partial charge on any atom is -2.00 e. The molecule has 0 atom stereocenters. The third-order valence-electron chi connectivity index (χ3n) is 0. The number of hydrogen-bond donors (Lipinski definition) is 0. The quantitative estimate of drug-likeness (QED) is 0.522. The van der Waals surface area contributed by atoms with E-state index >= 15 is 0 Å². The van der Waals surface area contributed by atoms with Crippen molar-refractivity contribution in [3.8, 4) is 0 Å². The van der Waals surface area contributed by atoms with Crippen LogP contribution >= 0.6 is 0 Å². The molecule has 0 saturated heterocycles. The molecule has 0 amide bonds. The van der Waals surface area contributed by atoms with Gasteiger partial charge in [-0.1, -0.05) is 0 Å². The van der Waals surface area contributed by atoms with Crippen LogP contribution in [0.2, 0.25) is 0 Å². The molecule has 0 aromatic carbocycles. The van der Waals surface area contributed by atoms with Crippen LogP contribution in [0.3, 0.4) is 0 Å². The molecule has 0 aliphatic heterocycles. The van der Waals surface area contributed by atoms with Gasteiger partial charge in [-0.15, -0.1) is 0 Å². The first-order chi connectivity index (χ1) is 0. The Balaban J connectivity index is 0.